The minimum absolute atomic E-state index is 0.0156. The van der Waals surface area contributed by atoms with E-state index in [2.05, 4.69) is 10.3 Å². The number of ketones is 1. The Morgan fingerprint density at radius 2 is 2.08 bits per heavy atom. The molecule has 124 valence electrons. The summed E-state index contributed by atoms with van der Waals surface area (Å²) in [6.45, 7) is 2.71. The highest BCUT2D eigenvalue weighted by molar-refractivity contribution is 7.22. The van der Waals surface area contributed by atoms with Crippen molar-refractivity contribution in [2.45, 2.75) is 6.92 Å². The van der Waals surface area contributed by atoms with E-state index in [1.54, 1.807) is 25.3 Å². The van der Waals surface area contributed by atoms with Crippen LogP contribution in [0.4, 0.5) is 5.13 Å². The number of thiazole rings is 1. The Hall–Kier alpha value is -2.60. The summed E-state index contributed by atoms with van der Waals surface area (Å²) in [6.07, 6.45) is 0. The van der Waals surface area contributed by atoms with Crippen LogP contribution in [0.5, 0.6) is 11.5 Å². The van der Waals surface area contributed by atoms with Gasteiger partial charge in [-0.25, -0.2) is 4.98 Å². The fourth-order valence-corrected chi connectivity index (χ4v) is 3.20. The van der Waals surface area contributed by atoms with Crippen LogP contribution in [0.15, 0.2) is 42.5 Å². The molecule has 0 aliphatic carbocycles. The molecular formula is C18H18N2O3S. The van der Waals surface area contributed by atoms with Gasteiger partial charge in [-0.2, -0.15) is 0 Å². The number of benzene rings is 2. The SMILES string of the molecule is CCOc1cccc2sc(NCC(=O)c3cccc(OC)c3)nc12. The maximum atomic E-state index is 12.3. The second-order valence-electron chi connectivity index (χ2n) is 5.06. The molecule has 0 aliphatic heterocycles. The third kappa shape index (κ3) is 3.49. The molecule has 1 aromatic heterocycles. The molecule has 24 heavy (non-hydrogen) atoms. The average molecular weight is 342 g/mol. The fourth-order valence-electron chi connectivity index (χ4n) is 2.33. The summed E-state index contributed by atoms with van der Waals surface area (Å²) < 4.78 is 11.8. The number of rotatable bonds is 7. The molecule has 2 aromatic carbocycles. The standard InChI is InChI=1S/C18H18N2O3S/c1-3-23-15-8-5-9-16-17(15)20-18(24-16)19-11-14(21)12-6-4-7-13(10-12)22-2/h4-10H,3,11H2,1-2H3,(H,19,20). The zero-order valence-electron chi connectivity index (χ0n) is 13.5. The molecule has 0 radical (unpaired) electrons. The fraction of sp³-hybridized carbons (Fsp3) is 0.222. The number of carbonyl (C=O) groups is 1. The van der Waals surface area contributed by atoms with E-state index >= 15 is 0 Å². The van der Waals surface area contributed by atoms with E-state index in [0.717, 1.165) is 16.0 Å². The van der Waals surface area contributed by atoms with Gasteiger partial charge in [-0.05, 0) is 31.2 Å². The van der Waals surface area contributed by atoms with E-state index in [1.807, 2.05) is 31.2 Å². The van der Waals surface area contributed by atoms with Crippen LogP contribution >= 0.6 is 11.3 Å². The number of Topliss-reactive ketones (excluding diaryl/α,β-unsaturated/α-hetero) is 1. The first-order valence-corrected chi connectivity index (χ1v) is 8.46. The molecule has 0 unspecified atom stereocenters. The van der Waals surface area contributed by atoms with Gasteiger partial charge in [-0.3, -0.25) is 4.79 Å². The van der Waals surface area contributed by atoms with Crippen molar-refractivity contribution < 1.29 is 14.3 Å². The van der Waals surface area contributed by atoms with Crippen LogP contribution < -0.4 is 14.8 Å². The van der Waals surface area contributed by atoms with Crippen LogP contribution in [0.3, 0.4) is 0 Å². The number of hydrogen-bond acceptors (Lipinski definition) is 6. The number of anilines is 1. The van der Waals surface area contributed by atoms with Gasteiger partial charge in [0.05, 0.1) is 25.0 Å². The lowest BCUT2D eigenvalue weighted by Crippen LogP contribution is -2.13. The summed E-state index contributed by atoms with van der Waals surface area (Å²) in [5, 5.41) is 3.80. The number of fused-ring (bicyclic) bond motifs is 1. The minimum Gasteiger partial charge on any atom is -0.497 e. The Morgan fingerprint density at radius 1 is 1.25 bits per heavy atom. The highest BCUT2D eigenvalue weighted by Crippen LogP contribution is 2.32. The van der Waals surface area contributed by atoms with Gasteiger partial charge in [-0.1, -0.05) is 29.5 Å². The van der Waals surface area contributed by atoms with Crippen molar-refractivity contribution in [3.63, 3.8) is 0 Å². The van der Waals surface area contributed by atoms with Crippen molar-refractivity contribution in [1.29, 1.82) is 0 Å². The Kier molecular flexibility index (Phi) is 4.96. The molecule has 0 spiro atoms. The monoisotopic (exact) mass is 342 g/mol. The Balaban J connectivity index is 1.73. The van der Waals surface area contributed by atoms with Gasteiger partial charge in [0.2, 0.25) is 0 Å². The number of nitrogens with one attached hydrogen (secondary N) is 1. The van der Waals surface area contributed by atoms with E-state index in [1.165, 1.54) is 11.3 Å². The van der Waals surface area contributed by atoms with Crippen LogP contribution in [0, 0.1) is 0 Å². The molecule has 3 rings (SSSR count). The maximum absolute atomic E-state index is 12.3. The largest absolute Gasteiger partial charge is 0.497 e. The molecule has 0 bridgehead atoms. The molecule has 0 atom stereocenters. The van der Waals surface area contributed by atoms with Crippen molar-refractivity contribution in [3.8, 4) is 11.5 Å². The molecule has 3 aromatic rings. The van der Waals surface area contributed by atoms with Gasteiger partial charge in [0, 0.05) is 5.56 Å². The second kappa shape index (κ2) is 7.31. The first-order chi connectivity index (χ1) is 11.7. The summed E-state index contributed by atoms with van der Waals surface area (Å²) in [5.74, 6) is 1.42. The summed E-state index contributed by atoms with van der Waals surface area (Å²) in [4.78, 5) is 16.8. The van der Waals surface area contributed by atoms with E-state index in [4.69, 9.17) is 9.47 Å². The van der Waals surface area contributed by atoms with Crippen molar-refractivity contribution in [1.82, 2.24) is 4.98 Å². The lowest BCUT2D eigenvalue weighted by Gasteiger charge is -2.04. The average Bonchev–Trinajstić information content (AvgIpc) is 3.04. The number of aromatic nitrogens is 1. The molecule has 6 heteroatoms. The normalized spacial score (nSPS) is 10.6. The number of methoxy groups -OCH3 is 1. The quantitative estimate of drug-likeness (QED) is 0.658. The summed E-state index contributed by atoms with van der Waals surface area (Å²) in [5.41, 5.74) is 1.43. The van der Waals surface area contributed by atoms with E-state index in [9.17, 15) is 4.79 Å². The molecule has 0 saturated carbocycles. The smallest absolute Gasteiger partial charge is 0.184 e. The van der Waals surface area contributed by atoms with Crippen LogP contribution in [-0.2, 0) is 0 Å². The van der Waals surface area contributed by atoms with Crippen LogP contribution in [-0.4, -0.2) is 31.0 Å². The summed E-state index contributed by atoms with van der Waals surface area (Å²) in [7, 11) is 1.58. The third-order valence-electron chi connectivity index (χ3n) is 3.47. The predicted octanol–water partition coefficient (Wildman–Crippen LogP) is 4.00. The molecule has 1 N–H and O–H groups in total. The van der Waals surface area contributed by atoms with Crippen LogP contribution in [0.2, 0.25) is 0 Å². The molecule has 0 aliphatic rings. The zero-order valence-corrected chi connectivity index (χ0v) is 14.4. The van der Waals surface area contributed by atoms with E-state index < -0.39 is 0 Å². The van der Waals surface area contributed by atoms with Gasteiger partial charge in [0.25, 0.3) is 0 Å². The molecule has 0 amide bonds. The summed E-state index contributed by atoms with van der Waals surface area (Å²) >= 11 is 1.50. The number of hydrogen-bond donors (Lipinski definition) is 1. The zero-order chi connectivity index (χ0) is 16.9. The number of para-hydroxylation sites is 1. The Morgan fingerprint density at radius 3 is 2.88 bits per heavy atom. The number of ether oxygens (including phenoxy) is 2. The minimum atomic E-state index is -0.0156. The van der Waals surface area contributed by atoms with Crippen molar-refractivity contribution >= 4 is 32.5 Å². The molecule has 0 saturated heterocycles. The van der Waals surface area contributed by atoms with Crippen LogP contribution in [0.25, 0.3) is 10.2 Å². The maximum Gasteiger partial charge on any atom is 0.184 e. The number of carbonyl (C=O) groups excluding carboxylic acids is 1. The van der Waals surface area contributed by atoms with Gasteiger partial charge in [0.1, 0.15) is 17.0 Å². The second-order valence-corrected chi connectivity index (χ2v) is 6.09. The predicted molar refractivity (Wildman–Crippen MR) is 96.6 cm³/mol. The molecule has 0 fully saturated rings. The van der Waals surface area contributed by atoms with Crippen molar-refractivity contribution in [2.24, 2.45) is 0 Å². The Labute approximate surface area is 144 Å². The Bertz CT molecular complexity index is 860. The van der Waals surface area contributed by atoms with Gasteiger partial charge >= 0.3 is 0 Å². The summed E-state index contributed by atoms with van der Waals surface area (Å²) in [6, 6.07) is 13.0. The highest BCUT2D eigenvalue weighted by Gasteiger charge is 2.11. The first kappa shape index (κ1) is 16.3. The highest BCUT2D eigenvalue weighted by atomic mass is 32.1. The van der Waals surface area contributed by atoms with Gasteiger partial charge in [-0.15, -0.1) is 0 Å². The van der Waals surface area contributed by atoms with E-state index in [0.29, 0.717) is 23.1 Å². The lowest BCUT2D eigenvalue weighted by atomic mass is 10.1. The molecule has 5 nitrogen and oxygen atoms in total. The molecular weight excluding hydrogens is 324 g/mol. The number of nitrogens with zero attached hydrogens (tertiary/aromatic N) is 1. The van der Waals surface area contributed by atoms with Gasteiger partial charge in [0.15, 0.2) is 10.9 Å². The molecule has 1 heterocycles. The van der Waals surface area contributed by atoms with Crippen LogP contribution in [0.1, 0.15) is 17.3 Å². The lowest BCUT2D eigenvalue weighted by molar-refractivity contribution is 0.101. The van der Waals surface area contributed by atoms with Crippen molar-refractivity contribution in [2.75, 3.05) is 25.6 Å². The van der Waals surface area contributed by atoms with E-state index in [-0.39, 0.29) is 12.3 Å². The third-order valence-corrected chi connectivity index (χ3v) is 4.45. The van der Waals surface area contributed by atoms with Crippen molar-refractivity contribution in [3.05, 3.63) is 48.0 Å². The topological polar surface area (TPSA) is 60.5 Å². The van der Waals surface area contributed by atoms with Gasteiger partial charge < -0.3 is 14.8 Å². The first-order valence-electron chi connectivity index (χ1n) is 7.64.